The van der Waals surface area contributed by atoms with Crippen LogP contribution in [0.2, 0.25) is 0 Å². The number of hydrogen-bond donors (Lipinski definition) is 1. The second kappa shape index (κ2) is 3.03. The van der Waals surface area contributed by atoms with Crippen LogP contribution < -0.4 is 0 Å². The van der Waals surface area contributed by atoms with Crippen molar-refractivity contribution >= 4 is 5.97 Å². The topological polar surface area (TPSA) is 37.3 Å². The van der Waals surface area contributed by atoms with Gasteiger partial charge < -0.3 is 5.11 Å². The van der Waals surface area contributed by atoms with Crippen molar-refractivity contribution in [1.29, 1.82) is 0 Å². The first-order valence-corrected chi connectivity index (χ1v) is 5.00. The fourth-order valence-corrected chi connectivity index (χ4v) is 2.39. The van der Waals surface area contributed by atoms with Crippen LogP contribution in [0.3, 0.4) is 0 Å². The normalized spacial score (nSPS) is 26.5. The average Bonchev–Trinajstić information content (AvgIpc) is 2.70. The molecule has 0 amide bonds. The van der Waals surface area contributed by atoms with Gasteiger partial charge in [0.05, 0.1) is 0 Å². The molecule has 1 atom stereocenters. The zero-order valence-corrected chi connectivity index (χ0v) is 9.05. The van der Waals surface area contributed by atoms with E-state index in [-0.39, 0.29) is 5.56 Å². The molecule has 2 rings (SSSR count). The summed E-state index contributed by atoms with van der Waals surface area (Å²) in [7, 11) is 0. The van der Waals surface area contributed by atoms with Gasteiger partial charge in [0.2, 0.25) is 0 Å². The van der Waals surface area contributed by atoms with Crippen LogP contribution in [0, 0.1) is 17.0 Å². The largest absolute Gasteiger partial charge is 0.481 e. The van der Waals surface area contributed by atoms with E-state index in [4.69, 9.17) is 0 Å². The second-order valence-electron chi connectivity index (χ2n) is 4.90. The summed E-state index contributed by atoms with van der Waals surface area (Å²) in [5.74, 6) is -2.53. The molecule has 1 saturated carbocycles. The van der Waals surface area contributed by atoms with Crippen LogP contribution in [0.5, 0.6) is 0 Å². The molecule has 1 aromatic carbocycles. The van der Waals surface area contributed by atoms with Crippen molar-refractivity contribution in [2.45, 2.75) is 25.7 Å². The van der Waals surface area contributed by atoms with Gasteiger partial charge in [-0.1, -0.05) is 19.9 Å². The van der Waals surface area contributed by atoms with Gasteiger partial charge in [-0.2, -0.15) is 0 Å². The van der Waals surface area contributed by atoms with E-state index in [1.165, 1.54) is 6.07 Å². The summed E-state index contributed by atoms with van der Waals surface area (Å²) in [5, 5.41) is 9.23. The minimum absolute atomic E-state index is 0.0754. The molecule has 1 N–H and O–H groups in total. The third kappa shape index (κ3) is 1.25. The number of carboxylic acids is 1. The van der Waals surface area contributed by atoms with Crippen molar-refractivity contribution in [2.75, 3.05) is 0 Å². The quantitative estimate of drug-likeness (QED) is 0.841. The molecule has 16 heavy (non-hydrogen) atoms. The van der Waals surface area contributed by atoms with Crippen LogP contribution in [0.1, 0.15) is 25.8 Å². The van der Waals surface area contributed by atoms with Gasteiger partial charge in [-0.15, -0.1) is 0 Å². The molecule has 0 spiro atoms. The zero-order valence-electron chi connectivity index (χ0n) is 9.05. The van der Waals surface area contributed by atoms with Crippen molar-refractivity contribution in [3.8, 4) is 0 Å². The number of aliphatic carboxylic acids is 1. The predicted octanol–water partition coefficient (Wildman–Crippen LogP) is 2.72. The summed E-state index contributed by atoms with van der Waals surface area (Å²) in [6.07, 6.45) is 0.373. The molecule has 4 heteroatoms. The van der Waals surface area contributed by atoms with Crippen LogP contribution in [-0.4, -0.2) is 11.1 Å². The van der Waals surface area contributed by atoms with E-state index in [1.54, 1.807) is 13.8 Å². The number of carboxylic acid groups (broad SMARTS) is 1. The Labute approximate surface area is 91.9 Å². The Morgan fingerprint density at radius 1 is 1.38 bits per heavy atom. The number of carbonyl (C=O) groups is 1. The summed E-state index contributed by atoms with van der Waals surface area (Å²) < 4.78 is 26.3. The molecule has 1 fully saturated rings. The lowest BCUT2D eigenvalue weighted by molar-refractivity contribution is -0.141. The highest BCUT2D eigenvalue weighted by Crippen LogP contribution is 2.64. The third-order valence-electron chi connectivity index (χ3n) is 3.49. The van der Waals surface area contributed by atoms with Crippen molar-refractivity contribution in [2.24, 2.45) is 5.41 Å². The van der Waals surface area contributed by atoms with Crippen molar-refractivity contribution in [1.82, 2.24) is 0 Å². The minimum atomic E-state index is -1.20. The van der Waals surface area contributed by atoms with E-state index in [0.717, 1.165) is 12.1 Å². The molecule has 86 valence electrons. The Morgan fingerprint density at radius 3 is 2.31 bits per heavy atom. The molecule has 0 heterocycles. The van der Waals surface area contributed by atoms with Gasteiger partial charge in [0.1, 0.15) is 17.0 Å². The summed E-state index contributed by atoms with van der Waals surface area (Å²) in [6.45, 7) is 3.54. The molecule has 1 aliphatic rings. The molecule has 1 aromatic rings. The molecule has 0 saturated heterocycles. The van der Waals surface area contributed by atoms with Crippen LogP contribution in [0.15, 0.2) is 18.2 Å². The van der Waals surface area contributed by atoms with Crippen LogP contribution in [0.4, 0.5) is 8.78 Å². The van der Waals surface area contributed by atoms with Crippen molar-refractivity contribution < 1.29 is 18.7 Å². The van der Waals surface area contributed by atoms with Crippen LogP contribution in [0.25, 0.3) is 0 Å². The Hall–Kier alpha value is -1.45. The fraction of sp³-hybridized carbons (Fsp3) is 0.417. The van der Waals surface area contributed by atoms with E-state index >= 15 is 0 Å². The van der Waals surface area contributed by atoms with Crippen molar-refractivity contribution in [3.05, 3.63) is 35.4 Å². The average molecular weight is 226 g/mol. The highest BCUT2D eigenvalue weighted by Gasteiger charge is 2.68. The van der Waals surface area contributed by atoms with E-state index in [0.29, 0.717) is 6.42 Å². The maximum atomic E-state index is 13.6. The molecular formula is C12H12F2O2. The van der Waals surface area contributed by atoms with Gasteiger partial charge in [-0.3, -0.25) is 4.79 Å². The number of rotatable bonds is 2. The molecule has 0 aliphatic heterocycles. The minimum Gasteiger partial charge on any atom is -0.481 e. The van der Waals surface area contributed by atoms with Gasteiger partial charge in [-0.05, 0) is 17.9 Å². The smallest absolute Gasteiger partial charge is 0.314 e. The summed E-state index contributed by atoms with van der Waals surface area (Å²) in [5.41, 5.74) is -1.62. The maximum Gasteiger partial charge on any atom is 0.314 e. The summed E-state index contributed by atoms with van der Waals surface area (Å²) >= 11 is 0. The van der Waals surface area contributed by atoms with E-state index in [2.05, 4.69) is 0 Å². The van der Waals surface area contributed by atoms with Gasteiger partial charge >= 0.3 is 5.97 Å². The van der Waals surface area contributed by atoms with Crippen molar-refractivity contribution in [3.63, 3.8) is 0 Å². The Bertz CT molecular complexity index is 468. The lowest BCUT2D eigenvalue weighted by Crippen LogP contribution is -2.26. The molecule has 1 unspecified atom stereocenters. The monoisotopic (exact) mass is 226 g/mol. The first-order valence-electron chi connectivity index (χ1n) is 5.00. The lowest BCUT2D eigenvalue weighted by Gasteiger charge is -2.16. The molecule has 0 aromatic heterocycles. The first-order chi connectivity index (χ1) is 7.31. The van der Waals surface area contributed by atoms with E-state index < -0.39 is 28.4 Å². The van der Waals surface area contributed by atoms with Gasteiger partial charge in [0, 0.05) is 11.6 Å². The predicted molar refractivity (Wildman–Crippen MR) is 54.1 cm³/mol. The number of benzene rings is 1. The Balaban J connectivity index is 2.56. The molecule has 0 radical (unpaired) electrons. The molecule has 0 bridgehead atoms. The summed E-state index contributed by atoms with van der Waals surface area (Å²) in [6, 6.07) is 3.06. The third-order valence-corrected chi connectivity index (χ3v) is 3.49. The summed E-state index contributed by atoms with van der Waals surface area (Å²) in [4.78, 5) is 11.3. The fourth-order valence-electron chi connectivity index (χ4n) is 2.39. The lowest BCUT2D eigenvalue weighted by atomic mass is 9.87. The number of hydrogen-bond acceptors (Lipinski definition) is 1. The highest BCUT2D eigenvalue weighted by molar-refractivity contribution is 5.87. The van der Waals surface area contributed by atoms with E-state index in [9.17, 15) is 18.7 Å². The standard InChI is InChI=1S/C12H12F2O2/c1-11(2)6-12(11,10(15)16)8-4-3-7(13)5-9(8)14/h3-5H,6H2,1-2H3,(H,15,16). The van der Waals surface area contributed by atoms with Gasteiger partial charge in [0.15, 0.2) is 0 Å². The first kappa shape index (κ1) is 11.0. The molecule has 2 nitrogen and oxygen atoms in total. The Kier molecular flexibility index (Phi) is 2.09. The van der Waals surface area contributed by atoms with E-state index in [1.807, 2.05) is 0 Å². The highest BCUT2D eigenvalue weighted by atomic mass is 19.1. The van der Waals surface area contributed by atoms with Gasteiger partial charge in [-0.25, -0.2) is 8.78 Å². The van der Waals surface area contributed by atoms with Crippen LogP contribution >= 0.6 is 0 Å². The van der Waals surface area contributed by atoms with Crippen LogP contribution in [-0.2, 0) is 10.2 Å². The SMILES string of the molecule is CC1(C)CC1(C(=O)O)c1ccc(F)cc1F. The zero-order chi connectivity index (χ0) is 12.1. The molecule has 1 aliphatic carbocycles. The second-order valence-corrected chi connectivity index (χ2v) is 4.90. The Morgan fingerprint density at radius 2 is 1.94 bits per heavy atom. The number of halogens is 2. The molecular weight excluding hydrogens is 214 g/mol. The van der Waals surface area contributed by atoms with Gasteiger partial charge in [0.25, 0.3) is 0 Å². The maximum absolute atomic E-state index is 13.6.